The number of ether oxygens (including phenoxy) is 1. The highest BCUT2D eigenvalue weighted by molar-refractivity contribution is 9.10. The Morgan fingerprint density at radius 2 is 1.85 bits per heavy atom. The van der Waals surface area contributed by atoms with Gasteiger partial charge < -0.3 is 9.84 Å². The predicted molar refractivity (Wildman–Crippen MR) is 93.0 cm³/mol. The number of nitrogens with zero attached hydrogens (tertiary/aromatic N) is 4. The summed E-state index contributed by atoms with van der Waals surface area (Å²) in [5.74, 6) is 0.103. The number of hydrogen-bond acceptors (Lipinski definition) is 5. The second-order valence-corrected chi connectivity index (χ2v) is 6.88. The first-order valence-electron chi connectivity index (χ1n) is 7.72. The average Bonchev–Trinajstić information content (AvgIpc) is 3.08. The maximum atomic E-state index is 13.6. The van der Waals surface area contributed by atoms with E-state index in [4.69, 9.17) is 4.74 Å². The maximum Gasteiger partial charge on any atom is 0.433 e. The Morgan fingerprint density at radius 3 is 2.44 bits per heavy atom. The quantitative estimate of drug-likeness (QED) is 0.642. The van der Waals surface area contributed by atoms with Crippen LogP contribution in [-0.4, -0.2) is 24.9 Å². The summed E-state index contributed by atoms with van der Waals surface area (Å²) in [6.07, 6.45) is -2.24. The number of halogens is 4. The van der Waals surface area contributed by atoms with E-state index in [1.165, 1.54) is 30.3 Å². The summed E-state index contributed by atoms with van der Waals surface area (Å²) in [4.78, 5) is 7.31. The lowest BCUT2D eigenvalue weighted by molar-refractivity contribution is -0.144. The zero-order valence-corrected chi connectivity index (χ0v) is 15.6. The van der Waals surface area contributed by atoms with Gasteiger partial charge in [0.2, 0.25) is 5.88 Å². The summed E-state index contributed by atoms with van der Waals surface area (Å²) in [7, 11) is 0. The number of hydrogen-bond donors (Lipinski definition) is 1. The minimum absolute atomic E-state index is 0.218. The van der Waals surface area contributed by atoms with Gasteiger partial charge in [-0.2, -0.15) is 18.3 Å². The summed E-state index contributed by atoms with van der Waals surface area (Å²) in [6, 6.07) is 9.00. The zero-order chi connectivity index (χ0) is 19.7. The van der Waals surface area contributed by atoms with Crippen molar-refractivity contribution in [3.63, 3.8) is 0 Å². The van der Waals surface area contributed by atoms with Gasteiger partial charge in [0.05, 0.1) is 6.54 Å². The third-order valence-corrected chi connectivity index (χ3v) is 4.22. The molecule has 142 valence electrons. The third-order valence-electron chi connectivity index (χ3n) is 3.69. The first kappa shape index (κ1) is 19.3. The van der Waals surface area contributed by atoms with Crippen LogP contribution in [0.4, 0.5) is 13.2 Å². The van der Waals surface area contributed by atoms with Crippen molar-refractivity contribution in [2.45, 2.75) is 25.2 Å². The smallest absolute Gasteiger partial charge is 0.433 e. The van der Waals surface area contributed by atoms with E-state index in [0.29, 0.717) is 5.75 Å². The number of aromatic nitrogens is 4. The molecule has 0 fully saturated rings. The van der Waals surface area contributed by atoms with E-state index in [0.717, 1.165) is 10.5 Å². The van der Waals surface area contributed by atoms with Crippen molar-refractivity contribution in [2.75, 3.05) is 0 Å². The first-order chi connectivity index (χ1) is 12.6. The molecule has 1 aromatic carbocycles. The molecule has 0 bridgehead atoms. The lowest BCUT2D eigenvalue weighted by Gasteiger charge is -2.26. The monoisotopic (exact) mass is 442 g/mol. The van der Waals surface area contributed by atoms with Crippen molar-refractivity contribution in [3.8, 4) is 11.6 Å². The van der Waals surface area contributed by atoms with Crippen molar-refractivity contribution in [2.24, 2.45) is 0 Å². The highest BCUT2D eigenvalue weighted by atomic mass is 79.9. The van der Waals surface area contributed by atoms with Gasteiger partial charge in [-0.1, -0.05) is 15.9 Å². The van der Waals surface area contributed by atoms with Crippen LogP contribution in [0, 0.1) is 0 Å². The van der Waals surface area contributed by atoms with E-state index < -0.39 is 17.5 Å². The Bertz CT molecular complexity index is 913. The van der Waals surface area contributed by atoms with E-state index in [2.05, 4.69) is 31.0 Å². The SMILES string of the molecule is C[C@@](O)(Cn1cncn1)c1ccc(Oc2ccc(Br)cc2)nc1C(F)(F)F. The van der Waals surface area contributed by atoms with Crippen LogP contribution in [0.1, 0.15) is 18.2 Å². The Morgan fingerprint density at radius 1 is 1.15 bits per heavy atom. The van der Waals surface area contributed by atoms with Gasteiger partial charge in [-0.15, -0.1) is 0 Å². The van der Waals surface area contributed by atoms with E-state index in [-0.39, 0.29) is 18.0 Å². The van der Waals surface area contributed by atoms with Crippen LogP contribution in [0.15, 0.2) is 53.5 Å². The Balaban J connectivity index is 1.95. The molecule has 0 aliphatic rings. The normalized spacial score (nSPS) is 14.0. The van der Waals surface area contributed by atoms with Crippen LogP contribution in [0.5, 0.6) is 11.6 Å². The summed E-state index contributed by atoms with van der Waals surface area (Å²) < 4.78 is 48.1. The number of rotatable bonds is 5. The molecule has 6 nitrogen and oxygen atoms in total. The number of alkyl halides is 3. The van der Waals surface area contributed by atoms with Gasteiger partial charge in [0.15, 0.2) is 5.69 Å². The van der Waals surface area contributed by atoms with Crippen molar-refractivity contribution in [1.82, 2.24) is 19.7 Å². The van der Waals surface area contributed by atoms with Gasteiger partial charge in [0.1, 0.15) is 24.0 Å². The molecule has 2 aromatic heterocycles. The Hall–Kier alpha value is -2.46. The van der Waals surface area contributed by atoms with Crippen molar-refractivity contribution in [3.05, 3.63) is 64.8 Å². The Labute approximate surface area is 160 Å². The molecule has 0 saturated carbocycles. The Kier molecular flexibility index (Phi) is 5.20. The molecule has 0 spiro atoms. The lowest BCUT2D eigenvalue weighted by atomic mass is 9.94. The van der Waals surface area contributed by atoms with Crippen LogP contribution >= 0.6 is 15.9 Å². The minimum Gasteiger partial charge on any atom is -0.439 e. The highest BCUT2D eigenvalue weighted by Crippen LogP contribution is 2.38. The summed E-state index contributed by atoms with van der Waals surface area (Å²) >= 11 is 3.26. The van der Waals surface area contributed by atoms with Crippen LogP contribution in [0.3, 0.4) is 0 Å². The molecule has 1 atom stereocenters. The first-order valence-corrected chi connectivity index (χ1v) is 8.51. The maximum absolute atomic E-state index is 13.6. The molecular formula is C17H14BrF3N4O2. The van der Waals surface area contributed by atoms with Crippen molar-refractivity contribution in [1.29, 1.82) is 0 Å². The fourth-order valence-electron chi connectivity index (χ4n) is 2.49. The number of benzene rings is 1. The molecule has 3 aromatic rings. The fraction of sp³-hybridized carbons (Fsp3) is 0.235. The fourth-order valence-corrected chi connectivity index (χ4v) is 2.75. The molecule has 0 aliphatic heterocycles. The summed E-state index contributed by atoms with van der Waals surface area (Å²) in [5.41, 5.74) is -3.47. The second kappa shape index (κ2) is 7.28. The van der Waals surface area contributed by atoms with Gasteiger partial charge >= 0.3 is 6.18 Å². The topological polar surface area (TPSA) is 73.1 Å². The van der Waals surface area contributed by atoms with Crippen LogP contribution in [0.25, 0.3) is 0 Å². The highest BCUT2D eigenvalue weighted by Gasteiger charge is 2.41. The van der Waals surface area contributed by atoms with Gasteiger partial charge in [-0.05, 0) is 37.3 Å². The van der Waals surface area contributed by atoms with Gasteiger partial charge in [0.25, 0.3) is 0 Å². The molecule has 0 unspecified atom stereocenters. The molecule has 3 rings (SSSR count). The molecule has 0 amide bonds. The number of pyridine rings is 1. The summed E-state index contributed by atoms with van der Waals surface area (Å²) in [6.45, 7) is 1.04. The molecule has 10 heteroatoms. The standard InChI is InChI=1S/C17H14BrF3N4O2/c1-16(26,8-25-10-22-9-23-25)13-6-7-14(24-15(13)17(19,20)21)27-12-4-2-11(18)3-5-12/h2-7,9-10,26H,8H2,1H3/t16-/m1/s1. The zero-order valence-electron chi connectivity index (χ0n) is 14.0. The van der Waals surface area contributed by atoms with Crippen molar-refractivity contribution < 1.29 is 23.0 Å². The second-order valence-electron chi connectivity index (χ2n) is 5.97. The van der Waals surface area contributed by atoms with Gasteiger partial charge in [0, 0.05) is 16.1 Å². The summed E-state index contributed by atoms with van der Waals surface area (Å²) in [5, 5.41) is 14.5. The molecular weight excluding hydrogens is 429 g/mol. The third kappa shape index (κ3) is 4.64. The molecule has 1 N–H and O–H groups in total. The van der Waals surface area contributed by atoms with Crippen LogP contribution in [0.2, 0.25) is 0 Å². The van der Waals surface area contributed by atoms with E-state index >= 15 is 0 Å². The molecule has 0 radical (unpaired) electrons. The van der Waals surface area contributed by atoms with Crippen LogP contribution < -0.4 is 4.74 Å². The molecule has 0 aliphatic carbocycles. The minimum atomic E-state index is -4.78. The van der Waals surface area contributed by atoms with E-state index in [1.54, 1.807) is 24.3 Å². The predicted octanol–water partition coefficient (Wildman–Crippen LogP) is 4.15. The molecule has 27 heavy (non-hydrogen) atoms. The molecule has 0 saturated heterocycles. The van der Waals surface area contributed by atoms with E-state index in [9.17, 15) is 18.3 Å². The number of aliphatic hydroxyl groups is 1. The average molecular weight is 443 g/mol. The molecule has 2 heterocycles. The van der Waals surface area contributed by atoms with Crippen molar-refractivity contribution >= 4 is 15.9 Å². The van der Waals surface area contributed by atoms with E-state index in [1.807, 2.05) is 0 Å². The van der Waals surface area contributed by atoms with Gasteiger partial charge in [-0.3, -0.25) is 0 Å². The van der Waals surface area contributed by atoms with Gasteiger partial charge in [-0.25, -0.2) is 14.6 Å². The van der Waals surface area contributed by atoms with Crippen LogP contribution in [-0.2, 0) is 18.3 Å². The largest absolute Gasteiger partial charge is 0.439 e. The lowest BCUT2D eigenvalue weighted by Crippen LogP contribution is -2.31.